The fraction of sp³-hybridized carbons (Fsp3) is 0. The van der Waals surface area contributed by atoms with E-state index in [-0.39, 0.29) is 17.1 Å². The predicted molar refractivity (Wildman–Crippen MR) is 86.7 cm³/mol. The summed E-state index contributed by atoms with van der Waals surface area (Å²) in [4.78, 5) is 26.5. The third-order valence-electron chi connectivity index (χ3n) is 2.87. The standard InChI is InChI=1S/C16H10ClNO3S/c17-11-5-3-10(4-6-11)8-14-16(20)18-15(22-14)9-12(19)13-2-1-7-21-13/h1-9H,(H,18,20)/b14-8-,15-9-. The Kier molecular flexibility index (Phi) is 4.09. The van der Waals surface area contributed by atoms with E-state index in [1.807, 2.05) is 12.1 Å². The van der Waals surface area contributed by atoms with E-state index in [9.17, 15) is 9.59 Å². The van der Waals surface area contributed by atoms with Gasteiger partial charge < -0.3 is 9.40 Å². The zero-order chi connectivity index (χ0) is 15.5. The molecule has 110 valence electrons. The maximum Gasteiger partial charge on any atom is 0.266 e. The van der Waals surface area contributed by atoms with E-state index >= 15 is 0 Å². The van der Waals surface area contributed by atoms with Crippen LogP contribution in [-0.4, -0.2) is 10.8 Å². The van der Waals surface area contributed by atoms with Crippen LogP contribution in [0.3, 0.4) is 0 Å². The van der Waals surface area contributed by atoms with Crippen molar-refractivity contribution >= 4 is 40.9 Å². The van der Waals surface area contributed by atoms with Crippen molar-refractivity contribution in [1.29, 1.82) is 0 Å². The van der Waals surface area contributed by atoms with Gasteiger partial charge in [0.05, 0.1) is 15.5 Å². The molecule has 1 N–H and O–H groups in total. The second kappa shape index (κ2) is 6.17. The van der Waals surface area contributed by atoms with Gasteiger partial charge in [-0.15, -0.1) is 11.3 Å². The Morgan fingerprint density at radius 3 is 2.68 bits per heavy atom. The Balaban J connectivity index is 1.99. The summed E-state index contributed by atoms with van der Waals surface area (Å²) in [6.45, 7) is 0. The highest BCUT2D eigenvalue weighted by atomic mass is 35.5. The molecule has 0 unspecified atom stereocenters. The fourth-order valence-corrected chi connectivity index (χ4v) is 2.86. The Labute approximate surface area is 134 Å². The number of aromatic nitrogens is 1. The highest BCUT2D eigenvalue weighted by Gasteiger charge is 2.05. The largest absolute Gasteiger partial charge is 0.461 e. The molecule has 0 radical (unpaired) electrons. The van der Waals surface area contributed by atoms with Crippen LogP contribution in [0.5, 0.6) is 0 Å². The summed E-state index contributed by atoms with van der Waals surface area (Å²) in [5, 5.41) is 0.635. The molecule has 0 saturated heterocycles. The molecule has 0 saturated carbocycles. The lowest BCUT2D eigenvalue weighted by Crippen LogP contribution is -2.19. The number of carbonyl (C=O) groups is 1. The van der Waals surface area contributed by atoms with Crippen LogP contribution in [0.2, 0.25) is 5.02 Å². The summed E-state index contributed by atoms with van der Waals surface area (Å²) in [5.74, 6) is -0.0574. The zero-order valence-corrected chi connectivity index (χ0v) is 12.8. The maximum absolute atomic E-state index is 11.9. The van der Waals surface area contributed by atoms with Gasteiger partial charge in [0.15, 0.2) is 5.76 Å². The van der Waals surface area contributed by atoms with Crippen molar-refractivity contribution in [3.05, 3.63) is 78.6 Å². The second-order valence-electron chi connectivity index (χ2n) is 4.47. The number of Topliss-reactive ketones (excluding diaryl/α,β-unsaturated/α-hetero) is 1. The highest BCUT2D eigenvalue weighted by molar-refractivity contribution is 7.07. The molecule has 0 fully saturated rings. The first-order valence-corrected chi connectivity index (χ1v) is 7.57. The third-order valence-corrected chi connectivity index (χ3v) is 4.09. The Morgan fingerprint density at radius 2 is 2.00 bits per heavy atom. The molecule has 0 aliphatic heterocycles. The monoisotopic (exact) mass is 331 g/mol. The topological polar surface area (TPSA) is 63.1 Å². The van der Waals surface area contributed by atoms with Crippen LogP contribution in [0, 0.1) is 0 Å². The van der Waals surface area contributed by atoms with E-state index < -0.39 is 0 Å². The van der Waals surface area contributed by atoms with Crippen molar-refractivity contribution in [2.45, 2.75) is 0 Å². The molecular formula is C16H10ClNO3S. The number of furan rings is 1. The number of ketones is 1. The van der Waals surface area contributed by atoms with Crippen molar-refractivity contribution in [2.24, 2.45) is 0 Å². The summed E-state index contributed by atoms with van der Waals surface area (Å²) >= 11 is 7.04. The average molecular weight is 332 g/mol. The van der Waals surface area contributed by atoms with Gasteiger partial charge in [-0.25, -0.2) is 0 Å². The Morgan fingerprint density at radius 1 is 1.23 bits per heavy atom. The van der Waals surface area contributed by atoms with Crippen LogP contribution in [0.1, 0.15) is 16.1 Å². The lowest BCUT2D eigenvalue weighted by Gasteiger charge is -1.91. The molecule has 6 heteroatoms. The van der Waals surface area contributed by atoms with E-state index in [1.54, 1.807) is 30.3 Å². The molecule has 22 heavy (non-hydrogen) atoms. The molecule has 0 atom stereocenters. The molecule has 0 bridgehead atoms. The van der Waals surface area contributed by atoms with Crippen LogP contribution in [0.25, 0.3) is 12.2 Å². The molecule has 2 aromatic heterocycles. The van der Waals surface area contributed by atoms with Crippen molar-refractivity contribution in [1.82, 2.24) is 4.98 Å². The lowest BCUT2D eigenvalue weighted by molar-refractivity contribution is 0.103. The van der Waals surface area contributed by atoms with Gasteiger partial charge in [0.1, 0.15) is 0 Å². The number of halogens is 1. The minimum absolute atomic E-state index is 0.234. The van der Waals surface area contributed by atoms with Crippen LogP contribution >= 0.6 is 22.9 Å². The normalized spacial score (nSPS) is 12.8. The minimum atomic E-state index is -0.291. The number of aromatic amines is 1. The molecule has 0 aliphatic rings. The van der Waals surface area contributed by atoms with Gasteiger partial charge >= 0.3 is 0 Å². The Bertz CT molecular complexity index is 966. The minimum Gasteiger partial charge on any atom is -0.461 e. The van der Waals surface area contributed by atoms with E-state index in [2.05, 4.69) is 4.98 Å². The molecule has 3 rings (SSSR count). The van der Waals surface area contributed by atoms with Gasteiger partial charge in [0.2, 0.25) is 5.78 Å². The van der Waals surface area contributed by atoms with Crippen molar-refractivity contribution in [3.8, 4) is 0 Å². The second-order valence-corrected chi connectivity index (χ2v) is 5.99. The highest BCUT2D eigenvalue weighted by Crippen LogP contribution is 2.09. The first-order chi connectivity index (χ1) is 10.6. The number of thiazole rings is 1. The summed E-state index contributed by atoms with van der Waals surface area (Å²) in [5.41, 5.74) is 0.624. The Hall–Kier alpha value is -2.37. The van der Waals surface area contributed by atoms with Gasteiger partial charge in [-0.2, -0.15) is 0 Å². The van der Waals surface area contributed by atoms with Crippen molar-refractivity contribution in [2.75, 3.05) is 0 Å². The first-order valence-electron chi connectivity index (χ1n) is 6.38. The number of rotatable bonds is 3. The summed E-state index contributed by atoms with van der Waals surface area (Å²) in [7, 11) is 0. The molecule has 0 aliphatic carbocycles. The maximum atomic E-state index is 11.9. The smallest absolute Gasteiger partial charge is 0.266 e. The summed E-state index contributed by atoms with van der Waals surface area (Å²) in [6.07, 6.45) is 4.52. The van der Waals surface area contributed by atoms with Gasteiger partial charge in [0, 0.05) is 11.1 Å². The number of hydrogen-bond donors (Lipinski definition) is 1. The van der Waals surface area contributed by atoms with Gasteiger partial charge in [0.25, 0.3) is 5.56 Å². The number of benzene rings is 1. The number of nitrogens with one attached hydrogen (secondary N) is 1. The first kappa shape index (κ1) is 14.6. The van der Waals surface area contributed by atoms with Crippen molar-refractivity contribution < 1.29 is 9.21 Å². The van der Waals surface area contributed by atoms with E-state index in [0.29, 0.717) is 14.2 Å². The lowest BCUT2D eigenvalue weighted by atomic mass is 10.2. The molecule has 2 heterocycles. The van der Waals surface area contributed by atoms with E-state index in [4.69, 9.17) is 16.0 Å². The van der Waals surface area contributed by atoms with Crippen LogP contribution < -0.4 is 14.8 Å². The SMILES string of the molecule is O=C(/C=c1/[nH]c(=O)/c(=C/c2ccc(Cl)cc2)s1)c1ccco1. The average Bonchev–Trinajstić information content (AvgIpc) is 3.12. The molecule has 4 nitrogen and oxygen atoms in total. The quantitative estimate of drug-likeness (QED) is 0.748. The van der Waals surface area contributed by atoms with E-state index in [0.717, 1.165) is 5.56 Å². The summed E-state index contributed by atoms with van der Waals surface area (Å²) in [6, 6.07) is 10.4. The zero-order valence-electron chi connectivity index (χ0n) is 11.2. The fourth-order valence-electron chi connectivity index (χ4n) is 1.84. The molecule has 0 amide bonds. The molecule has 3 aromatic rings. The summed E-state index contributed by atoms with van der Waals surface area (Å²) < 4.78 is 6.02. The number of hydrogen-bond acceptors (Lipinski definition) is 4. The van der Waals surface area contributed by atoms with Crippen LogP contribution in [0.15, 0.2) is 51.9 Å². The molecular weight excluding hydrogens is 322 g/mol. The number of H-pyrrole nitrogens is 1. The van der Waals surface area contributed by atoms with Gasteiger partial charge in [-0.3, -0.25) is 9.59 Å². The predicted octanol–water partition coefficient (Wildman–Crippen LogP) is 2.18. The molecule has 1 aromatic carbocycles. The van der Waals surface area contributed by atoms with Crippen LogP contribution in [-0.2, 0) is 0 Å². The molecule has 0 spiro atoms. The van der Waals surface area contributed by atoms with Gasteiger partial charge in [-0.1, -0.05) is 23.7 Å². The van der Waals surface area contributed by atoms with Crippen molar-refractivity contribution in [3.63, 3.8) is 0 Å². The third kappa shape index (κ3) is 3.27. The van der Waals surface area contributed by atoms with Gasteiger partial charge in [-0.05, 0) is 35.9 Å². The number of carbonyl (C=O) groups excluding carboxylic acids is 1. The van der Waals surface area contributed by atoms with E-state index in [1.165, 1.54) is 23.7 Å². The van der Waals surface area contributed by atoms with Crippen LogP contribution in [0.4, 0.5) is 0 Å².